The van der Waals surface area contributed by atoms with Crippen molar-refractivity contribution in [3.05, 3.63) is 66.4 Å². The lowest BCUT2D eigenvalue weighted by molar-refractivity contribution is 0.102. The highest BCUT2D eigenvalue weighted by Crippen LogP contribution is 2.41. The zero-order chi connectivity index (χ0) is 21.3. The van der Waals surface area contributed by atoms with Crippen LogP contribution in [0, 0.1) is 11.6 Å². The molecule has 0 bridgehead atoms. The highest BCUT2D eigenvalue weighted by molar-refractivity contribution is 7.18. The number of halogens is 3. The zero-order valence-electron chi connectivity index (χ0n) is 15.6. The van der Waals surface area contributed by atoms with Crippen LogP contribution in [0.4, 0.5) is 24.7 Å². The Morgan fingerprint density at radius 1 is 1.17 bits per heavy atom. The highest BCUT2D eigenvalue weighted by atomic mass is 31.0. The molecule has 1 amide bonds. The summed E-state index contributed by atoms with van der Waals surface area (Å²) >= 11 is 0. The molecule has 3 aromatic rings. The Bertz CT molecular complexity index is 1100. The van der Waals surface area contributed by atoms with E-state index in [-0.39, 0.29) is 41.2 Å². The zero-order valence-corrected chi connectivity index (χ0v) is 16.8. The molecule has 1 aromatic carbocycles. The number of carbonyl (C=O) groups is 1. The van der Waals surface area contributed by atoms with E-state index in [0.717, 1.165) is 18.2 Å². The normalized spacial score (nSPS) is 18.5. The molecule has 3 heterocycles. The van der Waals surface area contributed by atoms with E-state index >= 15 is 0 Å². The largest absolute Gasteiger partial charge is 0.351 e. The van der Waals surface area contributed by atoms with Crippen molar-refractivity contribution < 1.29 is 18.0 Å². The topological polar surface area (TPSA) is 71.0 Å². The van der Waals surface area contributed by atoms with Gasteiger partial charge in [-0.25, -0.2) is 28.1 Å². The molecule has 1 saturated heterocycles. The average molecular weight is 431 g/mol. The average Bonchev–Trinajstić information content (AvgIpc) is 3.10. The van der Waals surface area contributed by atoms with E-state index in [4.69, 9.17) is 0 Å². The molecule has 10 heteroatoms. The molecule has 1 fully saturated rings. The summed E-state index contributed by atoms with van der Waals surface area (Å²) in [6.45, 7) is 0.372. The SMILES string of the molecule is O=C(Nc1c(-c2cc(F)ccc2F)ccnc1N1CCC(F)(P)C1)c1cncnc1. The maximum Gasteiger partial charge on any atom is 0.258 e. The maximum absolute atomic E-state index is 14.5. The van der Waals surface area contributed by atoms with Gasteiger partial charge in [-0.15, -0.1) is 0 Å². The van der Waals surface area contributed by atoms with Crippen LogP contribution in [0.15, 0.2) is 49.2 Å². The molecule has 0 spiro atoms. The second-order valence-electron chi connectivity index (χ2n) is 6.97. The van der Waals surface area contributed by atoms with Crippen LogP contribution in [0.2, 0.25) is 0 Å². The van der Waals surface area contributed by atoms with Crippen LogP contribution in [0.5, 0.6) is 0 Å². The Balaban J connectivity index is 1.83. The molecule has 30 heavy (non-hydrogen) atoms. The van der Waals surface area contributed by atoms with Gasteiger partial charge in [0, 0.05) is 42.7 Å². The first-order valence-electron chi connectivity index (χ1n) is 9.07. The minimum Gasteiger partial charge on any atom is -0.351 e. The van der Waals surface area contributed by atoms with Crippen LogP contribution in [-0.2, 0) is 0 Å². The van der Waals surface area contributed by atoms with Gasteiger partial charge in [-0.05, 0) is 24.3 Å². The lowest BCUT2D eigenvalue weighted by Gasteiger charge is -2.23. The smallest absolute Gasteiger partial charge is 0.258 e. The molecule has 1 N–H and O–H groups in total. The van der Waals surface area contributed by atoms with E-state index in [2.05, 4.69) is 29.5 Å². The van der Waals surface area contributed by atoms with Gasteiger partial charge in [0.25, 0.3) is 5.91 Å². The molecule has 2 atom stereocenters. The Hall–Kier alpha value is -3.06. The summed E-state index contributed by atoms with van der Waals surface area (Å²) in [5.74, 6) is -1.59. The summed E-state index contributed by atoms with van der Waals surface area (Å²) in [5.41, 5.74) is 0.501. The Kier molecular flexibility index (Phi) is 5.39. The van der Waals surface area contributed by atoms with Gasteiger partial charge in [0.2, 0.25) is 0 Å². The van der Waals surface area contributed by atoms with Gasteiger partial charge in [0.15, 0.2) is 5.82 Å². The number of benzene rings is 1. The first-order chi connectivity index (χ1) is 14.3. The van der Waals surface area contributed by atoms with Crippen LogP contribution < -0.4 is 10.2 Å². The summed E-state index contributed by atoms with van der Waals surface area (Å²) < 4.78 is 42.8. The van der Waals surface area contributed by atoms with Crippen molar-refractivity contribution in [3.63, 3.8) is 0 Å². The lowest BCUT2D eigenvalue weighted by Crippen LogP contribution is -2.26. The summed E-state index contributed by atoms with van der Waals surface area (Å²) in [6.07, 6.45) is 5.59. The number of rotatable bonds is 4. The van der Waals surface area contributed by atoms with E-state index in [1.165, 1.54) is 31.0 Å². The van der Waals surface area contributed by atoms with E-state index in [9.17, 15) is 18.0 Å². The fraction of sp³-hybridized carbons (Fsp3) is 0.200. The van der Waals surface area contributed by atoms with Crippen LogP contribution in [0.3, 0.4) is 0 Å². The van der Waals surface area contributed by atoms with Crippen LogP contribution in [0.1, 0.15) is 16.8 Å². The standard InChI is InChI=1S/C20H17F3N5OP/c21-13-1-2-16(22)15(7-13)14-3-5-26-18(28-6-4-20(23,30)10-28)17(14)27-19(29)12-8-24-11-25-9-12/h1-3,5,7-9,11H,4,6,10,30H2,(H,27,29). The number of aromatic nitrogens is 3. The van der Waals surface area contributed by atoms with Crippen molar-refractivity contribution in [3.8, 4) is 11.1 Å². The molecular formula is C20H17F3N5OP. The van der Waals surface area contributed by atoms with Crippen molar-refractivity contribution in [2.24, 2.45) is 0 Å². The predicted octanol–water partition coefficient (Wildman–Crippen LogP) is 3.82. The third-order valence-electron chi connectivity index (χ3n) is 4.76. The highest BCUT2D eigenvalue weighted by Gasteiger charge is 2.36. The number of pyridine rings is 1. The van der Waals surface area contributed by atoms with Gasteiger partial charge < -0.3 is 10.2 Å². The van der Waals surface area contributed by atoms with Crippen molar-refractivity contribution in [2.45, 2.75) is 11.8 Å². The van der Waals surface area contributed by atoms with Crippen molar-refractivity contribution in [1.82, 2.24) is 15.0 Å². The van der Waals surface area contributed by atoms with Crippen molar-refractivity contribution >= 4 is 26.7 Å². The van der Waals surface area contributed by atoms with Crippen LogP contribution in [-0.4, -0.2) is 39.4 Å². The van der Waals surface area contributed by atoms with Crippen LogP contribution >= 0.6 is 9.24 Å². The van der Waals surface area contributed by atoms with E-state index in [1.807, 2.05) is 0 Å². The van der Waals surface area contributed by atoms with Gasteiger partial charge in [0.1, 0.15) is 23.4 Å². The summed E-state index contributed by atoms with van der Waals surface area (Å²) in [7, 11) is 2.17. The Morgan fingerprint density at radius 3 is 2.63 bits per heavy atom. The molecule has 154 valence electrons. The van der Waals surface area contributed by atoms with Gasteiger partial charge in [-0.3, -0.25) is 4.79 Å². The fourth-order valence-corrected chi connectivity index (χ4v) is 3.67. The minimum absolute atomic E-state index is 0.0249. The first-order valence-corrected chi connectivity index (χ1v) is 9.65. The number of alkyl halides is 1. The molecule has 4 rings (SSSR count). The van der Waals surface area contributed by atoms with E-state index in [1.54, 1.807) is 4.90 Å². The molecular weight excluding hydrogens is 414 g/mol. The van der Waals surface area contributed by atoms with E-state index < -0.39 is 23.0 Å². The number of anilines is 2. The number of amides is 1. The second-order valence-corrected chi connectivity index (χ2v) is 8.00. The number of carbonyl (C=O) groups excluding carboxylic acids is 1. The van der Waals surface area contributed by atoms with Gasteiger partial charge >= 0.3 is 0 Å². The molecule has 0 radical (unpaired) electrons. The molecule has 0 aliphatic carbocycles. The number of hydrogen-bond donors (Lipinski definition) is 1. The molecule has 2 unspecified atom stereocenters. The minimum atomic E-state index is -1.50. The van der Waals surface area contributed by atoms with Gasteiger partial charge in [-0.2, -0.15) is 0 Å². The summed E-state index contributed by atoms with van der Waals surface area (Å²) in [6, 6.07) is 4.52. The van der Waals surface area contributed by atoms with Crippen molar-refractivity contribution in [1.29, 1.82) is 0 Å². The molecule has 2 aromatic heterocycles. The molecule has 1 aliphatic heterocycles. The van der Waals surface area contributed by atoms with Gasteiger partial charge in [0.05, 0.1) is 17.8 Å². The van der Waals surface area contributed by atoms with E-state index in [0.29, 0.717) is 6.54 Å². The van der Waals surface area contributed by atoms with Crippen molar-refractivity contribution in [2.75, 3.05) is 23.3 Å². The maximum atomic E-state index is 14.5. The number of hydrogen-bond acceptors (Lipinski definition) is 5. The summed E-state index contributed by atoms with van der Waals surface area (Å²) in [4.78, 5) is 26.3. The third-order valence-corrected chi connectivity index (χ3v) is 5.23. The number of nitrogens with zero attached hydrogens (tertiary/aromatic N) is 4. The second kappa shape index (κ2) is 7.99. The third kappa shape index (κ3) is 4.11. The molecule has 6 nitrogen and oxygen atoms in total. The van der Waals surface area contributed by atoms with Crippen LogP contribution in [0.25, 0.3) is 11.1 Å². The predicted molar refractivity (Wildman–Crippen MR) is 110 cm³/mol. The fourth-order valence-electron chi connectivity index (χ4n) is 3.32. The Labute approximate surface area is 172 Å². The summed E-state index contributed by atoms with van der Waals surface area (Å²) in [5, 5.41) is 1.20. The number of nitrogens with one attached hydrogen (secondary N) is 1. The Morgan fingerprint density at radius 2 is 1.93 bits per heavy atom. The quantitative estimate of drug-likeness (QED) is 0.636. The lowest BCUT2D eigenvalue weighted by atomic mass is 10.0. The van der Waals surface area contributed by atoms with Gasteiger partial charge in [-0.1, -0.05) is 9.24 Å². The molecule has 1 aliphatic rings. The molecule has 0 saturated carbocycles. The first kappa shape index (κ1) is 20.2. The monoisotopic (exact) mass is 431 g/mol.